The monoisotopic (exact) mass is 758 g/mol. The van der Waals surface area contributed by atoms with Crippen LogP contribution in [0.5, 0.6) is 0 Å². The van der Waals surface area contributed by atoms with E-state index in [0.29, 0.717) is 37.7 Å². The zero-order valence-corrected chi connectivity index (χ0v) is 29.5. The van der Waals surface area contributed by atoms with Crippen LogP contribution < -0.4 is 10.6 Å². The Kier molecular flexibility index (Phi) is 13.0. The topological polar surface area (TPSA) is 166 Å². The van der Waals surface area contributed by atoms with Crippen molar-refractivity contribution in [2.45, 2.75) is 89.5 Å². The summed E-state index contributed by atoms with van der Waals surface area (Å²) in [5.74, 6) is -2.46. The lowest BCUT2D eigenvalue weighted by Crippen LogP contribution is -2.45. The number of nitrogens with zero attached hydrogens (tertiary/aromatic N) is 2. The predicted octanol–water partition coefficient (Wildman–Crippen LogP) is 7.05. The Morgan fingerprint density at radius 3 is 1.70 bits per heavy atom. The Morgan fingerprint density at radius 2 is 1.26 bits per heavy atom. The lowest BCUT2D eigenvalue weighted by Gasteiger charge is -2.27. The van der Waals surface area contributed by atoms with Crippen LogP contribution in [-0.2, 0) is 36.2 Å². The highest BCUT2D eigenvalue weighted by molar-refractivity contribution is 5.94. The van der Waals surface area contributed by atoms with Crippen molar-refractivity contribution in [3.05, 3.63) is 72.3 Å². The Labute approximate surface area is 301 Å². The van der Waals surface area contributed by atoms with Crippen molar-refractivity contribution in [2.24, 2.45) is 11.8 Å². The van der Waals surface area contributed by atoms with Crippen LogP contribution in [0.25, 0.3) is 11.1 Å². The number of carboxylic acids is 1. The molecule has 1 saturated carbocycles. The van der Waals surface area contributed by atoms with E-state index < -0.39 is 70.9 Å². The van der Waals surface area contributed by atoms with Crippen LogP contribution in [0, 0.1) is 11.8 Å². The summed E-state index contributed by atoms with van der Waals surface area (Å²) in [5.41, 5.74) is -4.81. The molecule has 2 heterocycles. The van der Waals surface area contributed by atoms with Gasteiger partial charge < -0.3 is 30.0 Å². The molecule has 0 bridgehead atoms. The van der Waals surface area contributed by atoms with Crippen molar-refractivity contribution in [2.75, 3.05) is 6.61 Å². The highest BCUT2D eigenvalue weighted by Crippen LogP contribution is 2.47. The average molecular weight is 759 g/mol. The zero-order chi connectivity index (χ0) is 40.1. The number of rotatable bonds is 14. The first kappa shape index (κ1) is 42.3. The zero-order valence-electron chi connectivity index (χ0n) is 29.5. The van der Waals surface area contributed by atoms with Crippen molar-refractivity contribution in [3.63, 3.8) is 0 Å². The van der Waals surface area contributed by atoms with Gasteiger partial charge >= 0.3 is 36.5 Å². The SMILES string of the molecule is C=C(c1ccc(C(F)(F)F)cn1)[C@@H](NC(=O)OC(C)(C)C[C@H]1CC1CCOC(=O)[C@H](NC(=O)OC(C)(C)C)C(=C)c1ccc(C(F)(F)F)cn1)C(=O)O. The minimum absolute atomic E-state index is 0.0140. The number of alkyl carbamates (subject to hydrolysis) is 2. The first-order chi connectivity index (χ1) is 24.3. The molecule has 1 unspecified atom stereocenters. The van der Waals surface area contributed by atoms with Crippen molar-refractivity contribution >= 4 is 35.3 Å². The molecule has 0 saturated heterocycles. The van der Waals surface area contributed by atoms with E-state index in [1.165, 1.54) is 0 Å². The molecule has 3 N–H and O–H groups in total. The van der Waals surface area contributed by atoms with Gasteiger partial charge in [-0.3, -0.25) is 9.97 Å². The molecule has 2 aromatic rings. The molecule has 0 aromatic carbocycles. The molecule has 2 amide bonds. The highest BCUT2D eigenvalue weighted by atomic mass is 19.4. The second-order valence-corrected chi connectivity index (χ2v) is 14.0. The Balaban J connectivity index is 1.55. The second-order valence-electron chi connectivity index (χ2n) is 14.0. The van der Waals surface area contributed by atoms with E-state index in [2.05, 4.69) is 33.8 Å². The first-order valence-electron chi connectivity index (χ1n) is 16.1. The number of aromatic nitrogens is 2. The molecule has 1 aliphatic rings. The molecule has 0 aliphatic heterocycles. The van der Waals surface area contributed by atoms with E-state index in [1.54, 1.807) is 34.6 Å². The minimum Gasteiger partial charge on any atom is -0.479 e. The summed E-state index contributed by atoms with van der Waals surface area (Å²) in [4.78, 5) is 57.6. The van der Waals surface area contributed by atoms with Gasteiger partial charge in [0.2, 0.25) is 0 Å². The van der Waals surface area contributed by atoms with Crippen LogP contribution >= 0.6 is 0 Å². The van der Waals surface area contributed by atoms with Crippen LogP contribution in [-0.4, -0.2) is 69.1 Å². The van der Waals surface area contributed by atoms with E-state index in [0.717, 1.165) is 18.2 Å². The molecule has 1 fully saturated rings. The van der Waals surface area contributed by atoms with Gasteiger partial charge in [-0.15, -0.1) is 0 Å². The lowest BCUT2D eigenvalue weighted by molar-refractivity contribution is -0.145. The van der Waals surface area contributed by atoms with E-state index in [4.69, 9.17) is 14.2 Å². The predicted molar refractivity (Wildman–Crippen MR) is 177 cm³/mol. The van der Waals surface area contributed by atoms with Crippen LogP contribution in [0.3, 0.4) is 0 Å². The first-order valence-corrected chi connectivity index (χ1v) is 16.1. The van der Waals surface area contributed by atoms with Gasteiger partial charge in [-0.1, -0.05) is 13.2 Å². The number of halogens is 6. The number of hydrogen-bond donors (Lipinski definition) is 3. The number of pyridine rings is 2. The molecular weight excluding hydrogens is 718 g/mol. The molecule has 3 rings (SSSR count). The number of hydrogen-bond acceptors (Lipinski definition) is 9. The molecule has 18 heteroatoms. The Hall–Kier alpha value is -5.16. The number of aliphatic carboxylic acids is 1. The number of nitrogens with one attached hydrogen (secondary N) is 2. The standard InChI is InChI=1S/C35H40F6N4O8/c1-18(24-10-8-22(16-42-24)34(36,37)38)26(28(46)47)44-31(50)53-33(6,7)15-21-14-20(21)12-13-51-29(48)27(45-30(49)52-32(3,4)5)19(2)25-11-9-23(17-43-25)35(39,40)41/h8-11,16-17,20-21,26-27H,1-2,12-15H2,3-7H3,(H,44,50)(H,45,49)(H,46,47)/t20?,21-,26-,27-/m1/s1. The van der Waals surface area contributed by atoms with Crippen molar-refractivity contribution in [1.29, 1.82) is 0 Å². The van der Waals surface area contributed by atoms with E-state index in [1.807, 2.05) is 0 Å². The maximum atomic E-state index is 13.1. The second kappa shape index (κ2) is 16.2. The minimum atomic E-state index is -4.66. The van der Waals surface area contributed by atoms with E-state index in [-0.39, 0.29) is 41.0 Å². The largest absolute Gasteiger partial charge is 0.479 e. The van der Waals surface area contributed by atoms with Crippen molar-refractivity contribution in [3.8, 4) is 0 Å². The third kappa shape index (κ3) is 12.8. The van der Waals surface area contributed by atoms with Gasteiger partial charge in [0, 0.05) is 23.5 Å². The fourth-order valence-electron chi connectivity index (χ4n) is 5.19. The summed E-state index contributed by atoms with van der Waals surface area (Å²) in [6, 6.07) is 0.106. The van der Waals surface area contributed by atoms with Gasteiger partial charge in [0.05, 0.1) is 29.1 Å². The molecule has 290 valence electrons. The summed E-state index contributed by atoms with van der Waals surface area (Å²) in [7, 11) is 0. The Bertz CT molecular complexity index is 1690. The molecule has 53 heavy (non-hydrogen) atoms. The smallest absolute Gasteiger partial charge is 0.417 e. The van der Waals surface area contributed by atoms with Crippen LogP contribution in [0.1, 0.15) is 76.4 Å². The van der Waals surface area contributed by atoms with Gasteiger partial charge in [-0.05, 0) is 90.0 Å². The van der Waals surface area contributed by atoms with Gasteiger partial charge in [0.25, 0.3) is 0 Å². The summed E-state index contributed by atoms with van der Waals surface area (Å²) >= 11 is 0. The van der Waals surface area contributed by atoms with E-state index >= 15 is 0 Å². The van der Waals surface area contributed by atoms with Gasteiger partial charge in [0.1, 0.15) is 11.2 Å². The normalized spacial score (nSPS) is 17.1. The number of ether oxygens (including phenoxy) is 3. The van der Waals surface area contributed by atoms with Crippen LogP contribution in [0.4, 0.5) is 35.9 Å². The maximum absolute atomic E-state index is 13.1. The fraction of sp³-hybridized carbons (Fsp3) is 0.486. The number of carbonyl (C=O) groups is 4. The van der Waals surface area contributed by atoms with E-state index in [9.17, 15) is 50.6 Å². The quantitative estimate of drug-likeness (QED) is 0.103. The van der Waals surface area contributed by atoms with Gasteiger partial charge in [-0.2, -0.15) is 26.3 Å². The van der Waals surface area contributed by atoms with Gasteiger partial charge in [-0.25, -0.2) is 19.2 Å². The van der Waals surface area contributed by atoms with Gasteiger partial charge in [0.15, 0.2) is 12.1 Å². The summed E-state index contributed by atoms with van der Waals surface area (Å²) < 4.78 is 93.8. The molecular formula is C35H40F6N4O8. The summed E-state index contributed by atoms with van der Waals surface area (Å²) in [5, 5.41) is 14.1. The molecule has 4 atom stereocenters. The van der Waals surface area contributed by atoms with Crippen molar-refractivity contribution < 1.29 is 64.8 Å². The number of carbonyl (C=O) groups excluding carboxylic acids is 3. The van der Waals surface area contributed by atoms with Crippen molar-refractivity contribution in [1.82, 2.24) is 20.6 Å². The molecule has 2 aromatic heterocycles. The lowest BCUT2D eigenvalue weighted by atomic mass is 10.00. The molecule has 0 radical (unpaired) electrons. The molecule has 0 spiro atoms. The number of carboxylic acid groups (broad SMARTS) is 1. The highest BCUT2D eigenvalue weighted by Gasteiger charge is 2.42. The Morgan fingerprint density at radius 1 is 0.792 bits per heavy atom. The summed E-state index contributed by atoms with van der Waals surface area (Å²) in [6.45, 7) is 15.2. The third-order valence-corrected chi connectivity index (χ3v) is 7.87. The molecule has 12 nitrogen and oxygen atoms in total. The third-order valence-electron chi connectivity index (χ3n) is 7.87. The molecule has 1 aliphatic carbocycles. The average Bonchev–Trinajstić information content (AvgIpc) is 3.75. The number of amides is 2. The summed E-state index contributed by atoms with van der Waals surface area (Å²) in [6.07, 6.45) is -8.97. The van der Waals surface area contributed by atoms with Crippen LogP contribution in [0.2, 0.25) is 0 Å². The number of esters is 1. The fourth-order valence-corrected chi connectivity index (χ4v) is 5.19. The number of alkyl halides is 6. The maximum Gasteiger partial charge on any atom is 0.417 e. The van der Waals surface area contributed by atoms with Crippen LogP contribution in [0.15, 0.2) is 49.8 Å².